The van der Waals surface area contributed by atoms with E-state index in [0.29, 0.717) is 11.2 Å². The Kier molecular flexibility index (Phi) is 3.76. The molecule has 0 atom stereocenters. The van der Waals surface area contributed by atoms with Crippen LogP contribution in [0, 0.1) is 6.92 Å². The molecule has 82 valence electrons. The van der Waals surface area contributed by atoms with Gasteiger partial charge in [-0.25, -0.2) is 4.98 Å². The van der Waals surface area contributed by atoms with Crippen molar-refractivity contribution in [2.24, 2.45) is 0 Å². The maximum atomic E-state index is 6.07. The molecule has 0 amide bonds. The van der Waals surface area contributed by atoms with E-state index in [1.807, 2.05) is 17.8 Å². The summed E-state index contributed by atoms with van der Waals surface area (Å²) in [6, 6.07) is 2.55. The summed E-state index contributed by atoms with van der Waals surface area (Å²) in [7, 11) is 0. The van der Waals surface area contributed by atoms with Crippen LogP contribution in [0.15, 0.2) is 12.3 Å². The third-order valence-electron chi connectivity index (χ3n) is 2.68. The Morgan fingerprint density at radius 3 is 2.87 bits per heavy atom. The second kappa shape index (κ2) is 5.08. The van der Waals surface area contributed by atoms with Crippen molar-refractivity contribution in [3.63, 3.8) is 0 Å². The molecule has 1 aliphatic heterocycles. The van der Waals surface area contributed by atoms with Crippen molar-refractivity contribution in [3.05, 3.63) is 23.0 Å². The topological polar surface area (TPSA) is 24.9 Å². The summed E-state index contributed by atoms with van der Waals surface area (Å²) in [5, 5.41) is 4.10. The molecule has 0 saturated carbocycles. The number of aromatic nitrogens is 1. The van der Waals surface area contributed by atoms with Crippen LogP contribution in [0.2, 0.25) is 5.15 Å². The average Bonchev–Trinajstić information content (AvgIpc) is 2.25. The minimum Gasteiger partial charge on any atom is -0.380 e. The number of halogens is 1. The Morgan fingerprint density at radius 1 is 1.47 bits per heavy atom. The molecular formula is C11H15ClN2S. The second-order valence-electron chi connectivity index (χ2n) is 3.82. The molecule has 1 N–H and O–H groups in total. The number of aryl methyl sites for hydroxylation is 1. The van der Waals surface area contributed by atoms with Gasteiger partial charge in [0, 0.05) is 12.2 Å². The number of anilines is 1. The molecule has 1 aromatic rings. The van der Waals surface area contributed by atoms with Crippen molar-refractivity contribution in [1.82, 2.24) is 4.98 Å². The lowest BCUT2D eigenvalue weighted by atomic mass is 10.1. The third kappa shape index (κ3) is 2.79. The van der Waals surface area contributed by atoms with E-state index in [9.17, 15) is 0 Å². The molecule has 0 spiro atoms. The van der Waals surface area contributed by atoms with Crippen molar-refractivity contribution in [2.75, 3.05) is 16.8 Å². The van der Waals surface area contributed by atoms with Gasteiger partial charge in [-0.2, -0.15) is 11.8 Å². The first-order valence-corrected chi connectivity index (χ1v) is 6.76. The Hall–Kier alpha value is -0.410. The van der Waals surface area contributed by atoms with Gasteiger partial charge in [0.25, 0.3) is 0 Å². The molecule has 0 unspecified atom stereocenters. The Balaban J connectivity index is 2.09. The molecule has 1 aliphatic rings. The normalized spacial score (nSPS) is 17.7. The molecule has 2 nitrogen and oxygen atoms in total. The third-order valence-corrected chi connectivity index (χ3v) is 4.02. The summed E-state index contributed by atoms with van der Waals surface area (Å²) in [5.74, 6) is 2.49. The number of nitrogens with one attached hydrogen (secondary N) is 1. The molecule has 2 heterocycles. The smallest absolute Gasteiger partial charge is 0.152 e. The van der Waals surface area contributed by atoms with Gasteiger partial charge >= 0.3 is 0 Å². The van der Waals surface area contributed by atoms with E-state index in [1.165, 1.54) is 29.9 Å². The van der Waals surface area contributed by atoms with Gasteiger partial charge in [-0.3, -0.25) is 0 Å². The first-order valence-electron chi connectivity index (χ1n) is 5.23. The minimum absolute atomic E-state index is 0.562. The van der Waals surface area contributed by atoms with Crippen molar-refractivity contribution in [2.45, 2.75) is 25.8 Å². The number of hydrogen-bond acceptors (Lipinski definition) is 3. The molecule has 2 rings (SSSR count). The zero-order valence-corrected chi connectivity index (χ0v) is 10.4. The van der Waals surface area contributed by atoms with Gasteiger partial charge in [-0.1, -0.05) is 11.6 Å². The van der Waals surface area contributed by atoms with Gasteiger partial charge in [0.1, 0.15) is 0 Å². The van der Waals surface area contributed by atoms with Crippen molar-refractivity contribution in [3.8, 4) is 0 Å². The van der Waals surface area contributed by atoms with Gasteiger partial charge < -0.3 is 5.32 Å². The highest BCUT2D eigenvalue weighted by atomic mass is 35.5. The van der Waals surface area contributed by atoms with E-state index >= 15 is 0 Å². The highest BCUT2D eigenvalue weighted by Crippen LogP contribution is 2.27. The highest BCUT2D eigenvalue weighted by Gasteiger charge is 2.15. The molecule has 1 aromatic heterocycles. The summed E-state index contributed by atoms with van der Waals surface area (Å²) < 4.78 is 0. The quantitative estimate of drug-likeness (QED) is 0.806. The molecule has 1 saturated heterocycles. The second-order valence-corrected chi connectivity index (χ2v) is 5.41. The zero-order valence-electron chi connectivity index (χ0n) is 8.79. The molecule has 0 aromatic carbocycles. The maximum absolute atomic E-state index is 6.07. The first kappa shape index (κ1) is 11.1. The number of rotatable bonds is 2. The summed E-state index contributed by atoms with van der Waals surface area (Å²) in [6.07, 6.45) is 4.18. The fourth-order valence-electron chi connectivity index (χ4n) is 1.74. The van der Waals surface area contributed by atoms with Crippen LogP contribution in [0.4, 0.5) is 5.69 Å². The summed E-state index contributed by atoms with van der Waals surface area (Å²) in [6.45, 7) is 2.06. The van der Waals surface area contributed by atoms with Crippen LogP contribution in [0.25, 0.3) is 0 Å². The fourth-order valence-corrected chi connectivity index (χ4v) is 3.11. The van der Waals surface area contributed by atoms with E-state index in [1.54, 1.807) is 6.20 Å². The molecule has 0 radical (unpaired) electrons. The Labute approximate surface area is 99.8 Å². The predicted molar refractivity (Wildman–Crippen MR) is 68.0 cm³/mol. The van der Waals surface area contributed by atoms with E-state index < -0.39 is 0 Å². The molecular weight excluding hydrogens is 228 g/mol. The first-order chi connectivity index (χ1) is 7.27. The van der Waals surface area contributed by atoms with Crippen LogP contribution >= 0.6 is 23.4 Å². The molecule has 1 fully saturated rings. The van der Waals surface area contributed by atoms with Gasteiger partial charge in [-0.15, -0.1) is 0 Å². The number of hydrogen-bond donors (Lipinski definition) is 1. The van der Waals surface area contributed by atoms with Crippen LogP contribution in [0.3, 0.4) is 0 Å². The monoisotopic (exact) mass is 242 g/mol. The van der Waals surface area contributed by atoms with E-state index in [4.69, 9.17) is 11.6 Å². The number of nitrogens with zero attached hydrogens (tertiary/aromatic N) is 1. The molecule has 0 aliphatic carbocycles. The minimum atomic E-state index is 0.562. The molecule has 0 bridgehead atoms. The lowest BCUT2D eigenvalue weighted by molar-refractivity contribution is 0.666. The van der Waals surface area contributed by atoms with Gasteiger partial charge in [0.2, 0.25) is 0 Å². The summed E-state index contributed by atoms with van der Waals surface area (Å²) in [4.78, 5) is 4.10. The lowest BCUT2D eigenvalue weighted by Gasteiger charge is -2.24. The van der Waals surface area contributed by atoms with Gasteiger partial charge in [-0.05, 0) is 42.9 Å². The van der Waals surface area contributed by atoms with E-state index in [0.717, 1.165) is 5.69 Å². The van der Waals surface area contributed by atoms with E-state index in [2.05, 4.69) is 17.2 Å². The SMILES string of the molecule is Cc1ccnc(Cl)c1NC1CCSCC1. The van der Waals surface area contributed by atoms with Crippen LogP contribution in [0.5, 0.6) is 0 Å². The van der Waals surface area contributed by atoms with Crippen molar-refractivity contribution in [1.29, 1.82) is 0 Å². The number of thioether (sulfide) groups is 1. The van der Waals surface area contributed by atoms with Gasteiger partial charge in [0.15, 0.2) is 5.15 Å². The van der Waals surface area contributed by atoms with Crippen LogP contribution in [0.1, 0.15) is 18.4 Å². The van der Waals surface area contributed by atoms with Gasteiger partial charge in [0.05, 0.1) is 5.69 Å². The predicted octanol–water partition coefficient (Wildman–Crippen LogP) is 3.35. The summed E-state index contributed by atoms with van der Waals surface area (Å²) >= 11 is 8.10. The Bertz CT molecular complexity index is 317. The Morgan fingerprint density at radius 2 is 2.20 bits per heavy atom. The van der Waals surface area contributed by atoms with Crippen LogP contribution < -0.4 is 5.32 Å². The highest BCUT2D eigenvalue weighted by molar-refractivity contribution is 7.99. The lowest BCUT2D eigenvalue weighted by Crippen LogP contribution is -2.25. The summed E-state index contributed by atoms with van der Waals surface area (Å²) in [5.41, 5.74) is 2.18. The van der Waals surface area contributed by atoms with Crippen LogP contribution in [-0.2, 0) is 0 Å². The average molecular weight is 243 g/mol. The largest absolute Gasteiger partial charge is 0.380 e. The molecule has 15 heavy (non-hydrogen) atoms. The number of pyridine rings is 1. The standard InChI is InChI=1S/C11H15ClN2S/c1-8-2-5-13-11(12)10(8)14-9-3-6-15-7-4-9/h2,5,9,14H,3-4,6-7H2,1H3. The van der Waals surface area contributed by atoms with Crippen LogP contribution in [-0.4, -0.2) is 22.5 Å². The van der Waals surface area contributed by atoms with Crippen molar-refractivity contribution >= 4 is 29.1 Å². The molecule has 4 heteroatoms. The maximum Gasteiger partial charge on any atom is 0.152 e. The van der Waals surface area contributed by atoms with E-state index in [-0.39, 0.29) is 0 Å². The zero-order chi connectivity index (χ0) is 10.7. The fraction of sp³-hybridized carbons (Fsp3) is 0.545. The van der Waals surface area contributed by atoms with Crippen molar-refractivity contribution < 1.29 is 0 Å².